The second kappa shape index (κ2) is 4.64. The van der Waals surface area contributed by atoms with E-state index in [1.807, 2.05) is 23.1 Å². The zero-order valence-electron chi connectivity index (χ0n) is 8.67. The highest BCUT2D eigenvalue weighted by atomic mass is 32.2. The largest absolute Gasteiger partial charge is 0.311 e. The minimum absolute atomic E-state index is 0.703. The maximum atomic E-state index is 4.68. The van der Waals surface area contributed by atoms with Crippen molar-refractivity contribution in [3.63, 3.8) is 0 Å². The molecule has 1 aliphatic rings. The van der Waals surface area contributed by atoms with Gasteiger partial charge in [0.1, 0.15) is 5.01 Å². The van der Waals surface area contributed by atoms with E-state index in [9.17, 15) is 0 Å². The Morgan fingerprint density at radius 3 is 3.14 bits per heavy atom. The van der Waals surface area contributed by atoms with Gasteiger partial charge in [-0.1, -0.05) is 13.8 Å². The van der Waals surface area contributed by atoms with E-state index < -0.39 is 0 Å². The van der Waals surface area contributed by atoms with Crippen LogP contribution in [0.4, 0.5) is 0 Å². The quantitative estimate of drug-likeness (QED) is 0.860. The van der Waals surface area contributed by atoms with E-state index in [0.29, 0.717) is 5.25 Å². The van der Waals surface area contributed by atoms with Gasteiger partial charge in [-0.25, -0.2) is 4.98 Å². The number of nitrogens with one attached hydrogen (secondary N) is 1. The third-order valence-electron chi connectivity index (χ3n) is 2.19. The number of thiazole rings is 1. The molecule has 0 fully saturated rings. The molecule has 0 saturated carbocycles. The lowest BCUT2D eigenvalue weighted by Gasteiger charge is -2.09. The predicted octanol–water partition coefficient (Wildman–Crippen LogP) is 2.43. The molecule has 0 amide bonds. The van der Waals surface area contributed by atoms with Gasteiger partial charge in [0.2, 0.25) is 0 Å². The first-order valence-corrected chi connectivity index (χ1v) is 6.92. The van der Waals surface area contributed by atoms with Crippen LogP contribution in [0, 0.1) is 0 Å². The zero-order valence-corrected chi connectivity index (χ0v) is 10.3. The van der Waals surface area contributed by atoms with Crippen LogP contribution in [0.15, 0.2) is 0 Å². The number of thioether (sulfide) groups is 1. The van der Waals surface area contributed by atoms with Crippen molar-refractivity contribution in [2.45, 2.75) is 37.8 Å². The van der Waals surface area contributed by atoms with Crippen LogP contribution in [0.2, 0.25) is 0 Å². The van der Waals surface area contributed by atoms with Crippen LogP contribution in [0.5, 0.6) is 0 Å². The predicted molar refractivity (Wildman–Crippen MR) is 64.0 cm³/mol. The summed E-state index contributed by atoms with van der Waals surface area (Å²) in [5, 5.41) is 5.39. The summed E-state index contributed by atoms with van der Waals surface area (Å²) >= 11 is 3.86. The summed E-state index contributed by atoms with van der Waals surface area (Å²) in [5.74, 6) is 1.08. The van der Waals surface area contributed by atoms with Gasteiger partial charge >= 0.3 is 0 Å². The van der Waals surface area contributed by atoms with Gasteiger partial charge in [0, 0.05) is 30.1 Å². The molecule has 1 aromatic heterocycles. The summed E-state index contributed by atoms with van der Waals surface area (Å²) < 4.78 is 0. The lowest BCUT2D eigenvalue weighted by molar-refractivity contribution is 0.643. The Labute approximate surface area is 93.5 Å². The molecule has 0 saturated heterocycles. The fourth-order valence-corrected chi connectivity index (χ4v) is 3.34. The standard InChI is InChI=1S/C10H16N2S2/c1-7(2)13-6-10-12-8-3-4-11-5-9(8)14-10/h7,11H,3-6H2,1-2H3. The van der Waals surface area contributed by atoms with Crippen LogP contribution < -0.4 is 5.32 Å². The second-order valence-electron chi connectivity index (χ2n) is 3.76. The van der Waals surface area contributed by atoms with E-state index in [0.717, 1.165) is 25.3 Å². The summed E-state index contributed by atoms with van der Waals surface area (Å²) in [6.45, 7) is 6.59. The Bertz CT molecular complexity index is 284. The van der Waals surface area contributed by atoms with Crippen molar-refractivity contribution in [3.05, 3.63) is 15.6 Å². The van der Waals surface area contributed by atoms with Crippen LogP contribution in [0.1, 0.15) is 29.4 Å². The molecule has 4 heteroatoms. The Balaban J connectivity index is 2.01. The monoisotopic (exact) mass is 228 g/mol. The maximum absolute atomic E-state index is 4.68. The first kappa shape index (κ1) is 10.5. The average Bonchev–Trinajstić information content (AvgIpc) is 2.57. The SMILES string of the molecule is CC(C)SCc1nc2c(s1)CNCC2. The maximum Gasteiger partial charge on any atom is 0.103 e. The fraction of sp³-hybridized carbons (Fsp3) is 0.700. The van der Waals surface area contributed by atoms with Gasteiger partial charge in [0.15, 0.2) is 0 Å². The molecule has 0 atom stereocenters. The number of nitrogens with zero attached hydrogens (tertiary/aromatic N) is 1. The number of aromatic nitrogens is 1. The van der Waals surface area contributed by atoms with E-state index >= 15 is 0 Å². The molecule has 0 aliphatic carbocycles. The van der Waals surface area contributed by atoms with E-state index in [1.54, 1.807) is 0 Å². The molecular formula is C10H16N2S2. The minimum atomic E-state index is 0.703. The highest BCUT2D eigenvalue weighted by Crippen LogP contribution is 2.25. The van der Waals surface area contributed by atoms with Crippen LogP contribution in [0.25, 0.3) is 0 Å². The number of hydrogen-bond donors (Lipinski definition) is 1. The molecule has 0 unspecified atom stereocenters. The first-order chi connectivity index (χ1) is 6.75. The molecule has 2 rings (SSSR count). The van der Waals surface area contributed by atoms with Crippen LogP contribution >= 0.6 is 23.1 Å². The summed E-state index contributed by atoms with van der Waals surface area (Å²) in [6, 6.07) is 0. The fourth-order valence-electron chi connectivity index (χ4n) is 1.48. The smallest absolute Gasteiger partial charge is 0.103 e. The van der Waals surface area contributed by atoms with E-state index in [2.05, 4.69) is 24.1 Å². The van der Waals surface area contributed by atoms with Gasteiger partial charge in [0.25, 0.3) is 0 Å². The molecule has 14 heavy (non-hydrogen) atoms. The van der Waals surface area contributed by atoms with Gasteiger partial charge in [-0.15, -0.1) is 11.3 Å². The van der Waals surface area contributed by atoms with Gasteiger partial charge < -0.3 is 5.32 Å². The number of hydrogen-bond acceptors (Lipinski definition) is 4. The van der Waals surface area contributed by atoms with Gasteiger partial charge in [-0.3, -0.25) is 0 Å². The average molecular weight is 228 g/mol. The third kappa shape index (κ3) is 2.49. The van der Waals surface area contributed by atoms with Crippen molar-refractivity contribution in [1.29, 1.82) is 0 Å². The summed E-state index contributed by atoms with van der Waals surface area (Å²) in [5.41, 5.74) is 1.34. The molecule has 78 valence electrons. The molecule has 0 radical (unpaired) electrons. The minimum Gasteiger partial charge on any atom is -0.311 e. The van der Waals surface area contributed by atoms with E-state index in [1.165, 1.54) is 15.6 Å². The number of rotatable bonds is 3. The van der Waals surface area contributed by atoms with Crippen molar-refractivity contribution < 1.29 is 0 Å². The van der Waals surface area contributed by atoms with Crippen molar-refractivity contribution in [3.8, 4) is 0 Å². The summed E-state index contributed by atoms with van der Waals surface area (Å²) in [6.07, 6.45) is 1.11. The second-order valence-corrected chi connectivity index (χ2v) is 6.50. The molecule has 0 bridgehead atoms. The lowest BCUT2D eigenvalue weighted by Crippen LogP contribution is -2.22. The Morgan fingerprint density at radius 1 is 1.57 bits per heavy atom. The highest BCUT2D eigenvalue weighted by Gasteiger charge is 2.14. The van der Waals surface area contributed by atoms with Crippen LogP contribution in [-0.4, -0.2) is 16.8 Å². The summed E-state index contributed by atoms with van der Waals surface area (Å²) in [4.78, 5) is 6.13. The molecule has 1 aliphatic heterocycles. The number of fused-ring (bicyclic) bond motifs is 1. The van der Waals surface area contributed by atoms with Gasteiger partial charge in [-0.05, 0) is 5.25 Å². The van der Waals surface area contributed by atoms with Crippen molar-refractivity contribution >= 4 is 23.1 Å². The lowest BCUT2D eigenvalue weighted by atomic mass is 10.2. The molecule has 1 aromatic rings. The van der Waals surface area contributed by atoms with Crippen molar-refractivity contribution in [2.24, 2.45) is 0 Å². The van der Waals surface area contributed by atoms with E-state index in [-0.39, 0.29) is 0 Å². The molecular weight excluding hydrogens is 212 g/mol. The van der Waals surface area contributed by atoms with Gasteiger partial charge in [-0.2, -0.15) is 11.8 Å². The molecule has 1 N–H and O–H groups in total. The normalized spacial score (nSPS) is 15.9. The molecule has 2 nitrogen and oxygen atoms in total. The topological polar surface area (TPSA) is 24.9 Å². The van der Waals surface area contributed by atoms with Gasteiger partial charge in [0.05, 0.1) is 5.69 Å². The highest BCUT2D eigenvalue weighted by molar-refractivity contribution is 7.99. The Hall–Kier alpha value is -0.0600. The third-order valence-corrected chi connectivity index (χ3v) is 4.57. The summed E-state index contributed by atoms with van der Waals surface area (Å²) in [7, 11) is 0. The molecule has 0 spiro atoms. The van der Waals surface area contributed by atoms with E-state index in [4.69, 9.17) is 0 Å². The van der Waals surface area contributed by atoms with Crippen molar-refractivity contribution in [1.82, 2.24) is 10.3 Å². The molecule has 2 heterocycles. The Morgan fingerprint density at radius 2 is 2.43 bits per heavy atom. The van der Waals surface area contributed by atoms with Crippen LogP contribution in [0.3, 0.4) is 0 Å². The first-order valence-electron chi connectivity index (χ1n) is 5.05. The van der Waals surface area contributed by atoms with Crippen molar-refractivity contribution in [2.75, 3.05) is 6.54 Å². The Kier molecular flexibility index (Phi) is 3.47. The zero-order chi connectivity index (χ0) is 9.97. The molecule has 0 aromatic carbocycles. The van der Waals surface area contributed by atoms with Crippen LogP contribution in [-0.2, 0) is 18.7 Å².